The molecule has 0 atom stereocenters. The van der Waals surface area contributed by atoms with Crippen LogP contribution < -0.4 is 0 Å². The minimum absolute atomic E-state index is 1.33. The quantitative estimate of drug-likeness (QED) is 0.317. The van der Waals surface area contributed by atoms with Crippen molar-refractivity contribution >= 4 is 60.2 Å². The molecule has 0 fully saturated rings. The van der Waals surface area contributed by atoms with Gasteiger partial charge < -0.3 is 0 Å². The summed E-state index contributed by atoms with van der Waals surface area (Å²) >= 11 is 1.33. The molecule has 0 aliphatic rings. The summed E-state index contributed by atoms with van der Waals surface area (Å²) in [5, 5.41) is 0. The Balaban J connectivity index is 3.32. The summed E-state index contributed by atoms with van der Waals surface area (Å²) in [6.07, 6.45) is 1.88. The van der Waals surface area contributed by atoms with Gasteiger partial charge in [-0.25, -0.2) is 0 Å². The first-order chi connectivity index (χ1) is 4.91. The first kappa shape index (κ1) is 10.6. The van der Waals surface area contributed by atoms with Crippen molar-refractivity contribution in [3.8, 4) is 0 Å². The van der Waals surface area contributed by atoms with Crippen molar-refractivity contribution < 1.29 is 4.10 Å². The second-order valence-corrected chi connectivity index (χ2v) is 2.03. The normalized spacial score (nSPS) is 7.30. The van der Waals surface area contributed by atoms with Crippen molar-refractivity contribution in [2.45, 2.75) is 0 Å². The van der Waals surface area contributed by atoms with Crippen LogP contribution in [0, 0.1) is 0 Å². The monoisotopic (exact) mass is 142 g/mol. The van der Waals surface area contributed by atoms with E-state index in [-0.39, 0.29) is 0 Å². The Bertz CT molecular complexity index is 141. The zero-order valence-corrected chi connectivity index (χ0v) is 7.10. The maximum absolute atomic E-state index is 4.87. The topological polar surface area (TPSA) is 9.23 Å². The summed E-state index contributed by atoms with van der Waals surface area (Å²) in [6, 6.07) is 0. The molecule has 0 heterocycles. The first-order valence-electron chi connectivity index (χ1n) is 3.05. The van der Waals surface area contributed by atoms with Gasteiger partial charge >= 0.3 is 70.6 Å². The van der Waals surface area contributed by atoms with Gasteiger partial charge in [0.1, 0.15) is 0 Å². The van der Waals surface area contributed by atoms with Crippen LogP contribution in [-0.2, 0) is 4.10 Å². The van der Waals surface area contributed by atoms with Crippen molar-refractivity contribution in [3.05, 3.63) is 0 Å². The van der Waals surface area contributed by atoms with Gasteiger partial charge in [0.25, 0.3) is 0 Å². The first-order valence-corrected chi connectivity index (χ1v) is 4.20. The van der Waals surface area contributed by atoms with E-state index in [0.29, 0.717) is 0 Å². The van der Waals surface area contributed by atoms with E-state index in [9.17, 15) is 0 Å². The van der Waals surface area contributed by atoms with Gasteiger partial charge in [0, 0.05) is 0 Å². The van der Waals surface area contributed by atoms with Crippen LogP contribution in [0.3, 0.4) is 0 Å². The molecule has 0 aliphatic carbocycles. The molecule has 0 spiro atoms. The Kier molecular flexibility index (Phi) is 10.2. The molecular weight excluding hydrogens is 136 g/mol. The number of hydrogen-bond donors (Lipinski definition) is 0. The Hall–Kier alpha value is 0.605. The van der Waals surface area contributed by atoms with Crippen LogP contribution in [0.2, 0.25) is 0 Å². The fourth-order valence-corrected chi connectivity index (χ4v) is 0.548. The molecule has 0 radical (unpaired) electrons. The zero-order valence-electron chi connectivity index (χ0n) is 6.28. The Morgan fingerprint density at radius 2 is 1.90 bits per heavy atom. The van der Waals surface area contributed by atoms with E-state index in [0.717, 1.165) is 0 Å². The van der Waals surface area contributed by atoms with Crippen LogP contribution >= 0.6 is 12.0 Å². The van der Waals surface area contributed by atoms with Crippen LogP contribution in [-0.4, -0.2) is 54.5 Å². The predicted octanol–water partition coefficient (Wildman–Crippen LogP) is -2.46. The average molecular weight is 141 g/mol. The van der Waals surface area contributed by atoms with Crippen molar-refractivity contribution in [2.24, 2.45) is 0 Å². The van der Waals surface area contributed by atoms with E-state index in [1.54, 1.807) is 7.00 Å². The Morgan fingerprint density at radius 3 is 2.50 bits per heavy atom. The molecule has 0 aromatic carbocycles. The van der Waals surface area contributed by atoms with E-state index >= 15 is 0 Å². The summed E-state index contributed by atoms with van der Waals surface area (Å²) in [5.41, 5.74) is 0. The van der Waals surface area contributed by atoms with E-state index in [1.165, 1.54) is 12.0 Å². The van der Waals surface area contributed by atoms with Crippen molar-refractivity contribution in [1.29, 1.82) is 0 Å². The molecule has 1 nitrogen and oxygen atoms in total. The SMILES string of the molecule is BB=BB=BB=BOSC. The standard InChI is InChI=1S/CH5B7OS/c1-10-9-8-7-6-5-4-3-2/h2H2,1H3. The van der Waals surface area contributed by atoms with Gasteiger partial charge in [-0.05, 0) is 0 Å². The fourth-order valence-electron chi connectivity index (χ4n) is 0.372. The van der Waals surface area contributed by atoms with Crippen LogP contribution in [0.1, 0.15) is 0 Å². The van der Waals surface area contributed by atoms with Crippen molar-refractivity contribution in [3.63, 3.8) is 0 Å². The Labute approximate surface area is 71.0 Å². The molecule has 0 saturated heterocycles. The number of rotatable bonds is 4. The maximum atomic E-state index is 4.87. The van der Waals surface area contributed by atoms with Crippen LogP contribution in [0.4, 0.5) is 0 Å². The van der Waals surface area contributed by atoms with E-state index in [1.807, 2.05) is 47.5 Å². The molecule has 0 amide bonds. The average Bonchev–Trinajstić information content (AvgIpc) is 1.97. The third-order valence-electron chi connectivity index (χ3n) is 0.756. The zero-order chi connectivity index (χ0) is 7.66. The van der Waals surface area contributed by atoms with Crippen molar-refractivity contribution in [2.75, 3.05) is 6.26 Å². The van der Waals surface area contributed by atoms with Crippen LogP contribution in [0.15, 0.2) is 0 Å². The van der Waals surface area contributed by atoms with Crippen molar-refractivity contribution in [1.82, 2.24) is 0 Å². The van der Waals surface area contributed by atoms with E-state index < -0.39 is 0 Å². The van der Waals surface area contributed by atoms with Gasteiger partial charge in [0.05, 0.1) is 0 Å². The van der Waals surface area contributed by atoms with E-state index in [4.69, 9.17) is 4.10 Å². The predicted molar refractivity (Wildman–Crippen MR) is 57.7 cm³/mol. The molecule has 0 aromatic rings. The summed E-state index contributed by atoms with van der Waals surface area (Å²) in [7, 11) is 3.62. The molecule has 9 heteroatoms. The number of hydrogen-bond acceptors (Lipinski definition) is 2. The molecular formula is CH5B7OS. The second-order valence-electron chi connectivity index (χ2n) is 1.50. The molecule has 0 bridgehead atoms. The summed E-state index contributed by atoms with van der Waals surface area (Å²) in [6.45, 7) is 9.64. The Morgan fingerprint density at radius 1 is 1.20 bits per heavy atom. The third-order valence-corrected chi connectivity index (χ3v) is 1.06. The molecule has 42 valence electrons. The van der Waals surface area contributed by atoms with Gasteiger partial charge in [-0.1, -0.05) is 0 Å². The van der Waals surface area contributed by atoms with Gasteiger partial charge in [-0.3, -0.25) is 0 Å². The molecule has 10 heavy (non-hydrogen) atoms. The molecule has 0 aromatic heterocycles. The molecule has 0 N–H and O–H groups in total. The molecule has 0 unspecified atom stereocenters. The van der Waals surface area contributed by atoms with Gasteiger partial charge in [0.2, 0.25) is 0 Å². The van der Waals surface area contributed by atoms with Crippen LogP contribution in [0.5, 0.6) is 0 Å². The van der Waals surface area contributed by atoms with Crippen LogP contribution in [0.25, 0.3) is 0 Å². The fraction of sp³-hybridized carbons (Fsp3) is 1.00. The molecule has 0 rings (SSSR count). The summed E-state index contributed by atoms with van der Waals surface area (Å²) in [5.74, 6) is 0. The van der Waals surface area contributed by atoms with E-state index in [2.05, 4.69) is 0 Å². The van der Waals surface area contributed by atoms with Gasteiger partial charge in [-0.15, -0.1) is 0 Å². The molecule has 0 saturated carbocycles. The molecule has 0 aliphatic heterocycles. The summed E-state index contributed by atoms with van der Waals surface area (Å²) in [4.78, 5) is 0. The minimum atomic E-state index is 1.33. The van der Waals surface area contributed by atoms with Gasteiger partial charge in [-0.2, -0.15) is 0 Å². The summed E-state index contributed by atoms with van der Waals surface area (Å²) < 4.78 is 4.87. The van der Waals surface area contributed by atoms with Gasteiger partial charge in [0.15, 0.2) is 0 Å². The second kappa shape index (κ2) is 9.60. The third kappa shape index (κ3) is 8.60.